The van der Waals surface area contributed by atoms with Gasteiger partial charge in [-0.3, -0.25) is 5.32 Å². The third-order valence-electron chi connectivity index (χ3n) is 1.84. The lowest BCUT2D eigenvalue weighted by Gasteiger charge is -2.15. The summed E-state index contributed by atoms with van der Waals surface area (Å²) in [6, 6.07) is 0. The number of unbranched alkanes of at least 4 members (excludes halogenated alkanes) is 1. The molecule has 0 aliphatic rings. The monoisotopic (exact) mass is 224 g/mol. The van der Waals surface area contributed by atoms with E-state index in [0.717, 1.165) is 12.1 Å². The third-order valence-corrected chi connectivity index (χ3v) is 1.84. The zero-order valence-corrected chi connectivity index (χ0v) is 11.6. The van der Waals surface area contributed by atoms with Crippen LogP contribution >= 0.6 is 0 Å². The average molecular weight is 224 g/mol. The van der Waals surface area contributed by atoms with Crippen LogP contribution in [-0.2, 0) is 0 Å². The van der Waals surface area contributed by atoms with E-state index in [1.165, 1.54) is 12.8 Å². The molecule has 0 aliphatic heterocycles. The molecule has 0 aromatic rings. The molecule has 3 nitrogen and oxygen atoms in total. The number of rotatable bonds is 6. The summed E-state index contributed by atoms with van der Waals surface area (Å²) in [4.78, 5) is 0. The van der Waals surface area contributed by atoms with Crippen LogP contribution < -0.4 is 5.32 Å². The lowest BCUT2D eigenvalue weighted by Crippen LogP contribution is -2.24. The van der Waals surface area contributed by atoms with Gasteiger partial charge in [0, 0.05) is 20.3 Å². The maximum Gasteiger partial charge on any atom is 0.0620 e. The maximum absolute atomic E-state index is 4.44. The van der Waals surface area contributed by atoms with Crippen LogP contribution in [0.4, 0.5) is 0 Å². The summed E-state index contributed by atoms with van der Waals surface area (Å²) in [6.07, 6.45) is 7.27. The quantitative estimate of drug-likeness (QED) is 0.504. The molecule has 0 aliphatic carbocycles. The molecule has 0 fully saturated rings. The van der Waals surface area contributed by atoms with E-state index in [4.69, 9.17) is 0 Å². The second-order valence-electron chi connectivity index (χ2n) is 5.16. The van der Waals surface area contributed by atoms with Crippen molar-refractivity contribution in [2.75, 3.05) is 14.1 Å². The van der Waals surface area contributed by atoms with Crippen LogP contribution in [0.1, 0.15) is 47.0 Å². The fourth-order valence-corrected chi connectivity index (χ4v) is 1.13. The molecule has 0 atom stereocenters. The molecular weight excluding hydrogens is 198 g/mol. The molecule has 1 radical (unpaired) electrons. The van der Waals surface area contributed by atoms with Crippen LogP contribution in [0.2, 0.25) is 0 Å². The molecule has 0 rings (SSSR count). The Hall–Kier alpha value is -0.990. The van der Waals surface area contributed by atoms with Crippen molar-refractivity contribution < 1.29 is 0 Å². The molecule has 0 heterocycles. The van der Waals surface area contributed by atoms with Gasteiger partial charge in [0.1, 0.15) is 0 Å². The predicted molar refractivity (Wildman–Crippen MR) is 71.7 cm³/mol. The van der Waals surface area contributed by atoms with E-state index < -0.39 is 0 Å². The maximum atomic E-state index is 4.44. The topological polar surface area (TPSA) is 29.7 Å². The summed E-state index contributed by atoms with van der Waals surface area (Å²) in [5.74, 6) is 0. The molecule has 16 heavy (non-hydrogen) atoms. The number of hydrogen-bond donors (Lipinski definition) is 0. The molecule has 93 valence electrons. The van der Waals surface area contributed by atoms with E-state index in [2.05, 4.69) is 38.1 Å². The van der Waals surface area contributed by atoms with Crippen molar-refractivity contribution in [1.29, 1.82) is 0 Å². The van der Waals surface area contributed by atoms with Gasteiger partial charge < -0.3 is 5.01 Å². The summed E-state index contributed by atoms with van der Waals surface area (Å²) in [5, 5.41) is 10.7. The molecule has 0 saturated heterocycles. The molecule has 0 unspecified atom stereocenters. The zero-order chi connectivity index (χ0) is 12.6. The third kappa shape index (κ3) is 9.56. The highest BCUT2D eigenvalue weighted by Crippen LogP contribution is 2.03. The van der Waals surface area contributed by atoms with Crippen molar-refractivity contribution in [1.82, 2.24) is 10.3 Å². The van der Waals surface area contributed by atoms with Gasteiger partial charge in [-0.1, -0.05) is 13.3 Å². The molecule has 0 N–H and O–H groups in total. The van der Waals surface area contributed by atoms with E-state index in [0.29, 0.717) is 0 Å². The fraction of sp³-hybridized carbons (Fsp3) is 0.769. The second-order valence-corrected chi connectivity index (χ2v) is 5.16. The first kappa shape index (κ1) is 15.0. The lowest BCUT2D eigenvalue weighted by atomic mass is 10.1. The first-order valence-corrected chi connectivity index (χ1v) is 5.98. The highest BCUT2D eigenvalue weighted by atomic mass is 15.4. The highest BCUT2D eigenvalue weighted by molar-refractivity contribution is 5.94. The van der Waals surface area contributed by atoms with Gasteiger partial charge >= 0.3 is 0 Å². The average Bonchev–Trinajstić information content (AvgIpc) is 2.11. The van der Waals surface area contributed by atoms with Crippen LogP contribution in [0.15, 0.2) is 17.4 Å². The Labute approximate surface area is 101 Å². The summed E-state index contributed by atoms with van der Waals surface area (Å²) < 4.78 is 0. The fourth-order valence-electron chi connectivity index (χ4n) is 1.13. The standard InChI is InChI=1S/C13H26N3/c1-7-8-9-12(15-16(5)6)10-11-14-13(2,3)4/h10-11H,7-9H2,1-6H3/b11-10+,15-12+. The van der Waals surface area contributed by atoms with E-state index in [-0.39, 0.29) is 5.54 Å². The summed E-state index contributed by atoms with van der Waals surface area (Å²) in [5.41, 5.74) is 1.09. The van der Waals surface area contributed by atoms with Gasteiger partial charge in [0.05, 0.1) is 11.3 Å². The lowest BCUT2D eigenvalue weighted by molar-refractivity contribution is 0.436. The second kappa shape index (κ2) is 7.31. The van der Waals surface area contributed by atoms with Crippen LogP contribution in [-0.4, -0.2) is 30.4 Å². The Balaban J connectivity index is 4.31. The van der Waals surface area contributed by atoms with Gasteiger partial charge in [-0.2, -0.15) is 5.10 Å². The Morgan fingerprint density at radius 2 is 1.88 bits per heavy atom. The largest absolute Gasteiger partial charge is 0.303 e. The molecule has 0 spiro atoms. The normalized spacial score (nSPS) is 13.2. The van der Waals surface area contributed by atoms with Crippen molar-refractivity contribution in [3.63, 3.8) is 0 Å². The van der Waals surface area contributed by atoms with Crippen molar-refractivity contribution in [2.24, 2.45) is 5.10 Å². The minimum absolute atomic E-state index is 0.00944. The van der Waals surface area contributed by atoms with Crippen LogP contribution in [0.5, 0.6) is 0 Å². The number of hydrazone groups is 1. The summed E-state index contributed by atoms with van der Waals surface area (Å²) in [6.45, 7) is 8.46. The van der Waals surface area contributed by atoms with E-state index >= 15 is 0 Å². The Morgan fingerprint density at radius 3 is 2.31 bits per heavy atom. The minimum Gasteiger partial charge on any atom is -0.303 e. The first-order valence-electron chi connectivity index (χ1n) is 5.98. The number of allylic oxidation sites excluding steroid dienone is 1. The van der Waals surface area contributed by atoms with Crippen LogP contribution in [0.3, 0.4) is 0 Å². The Morgan fingerprint density at radius 1 is 1.25 bits per heavy atom. The van der Waals surface area contributed by atoms with Gasteiger partial charge in [0.25, 0.3) is 0 Å². The van der Waals surface area contributed by atoms with Crippen molar-refractivity contribution in [2.45, 2.75) is 52.5 Å². The first-order chi connectivity index (χ1) is 7.35. The van der Waals surface area contributed by atoms with Crippen LogP contribution in [0, 0.1) is 0 Å². The molecule has 0 amide bonds. The SMILES string of the molecule is CCCCC(/C=C/[N]C(C)(C)C)=N\N(C)C. The van der Waals surface area contributed by atoms with Crippen LogP contribution in [0.25, 0.3) is 0 Å². The van der Waals surface area contributed by atoms with Crippen molar-refractivity contribution in [3.8, 4) is 0 Å². The molecule has 0 bridgehead atoms. The highest BCUT2D eigenvalue weighted by Gasteiger charge is 2.07. The molecular formula is C13H26N3. The number of nitrogens with zero attached hydrogens (tertiary/aromatic N) is 3. The van der Waals surface area contributed by atoms with Gasteiger partial charge in [0.2, 0.25) is 0 Å². The predicted octanol–water partition coefficient (Wildman–Crippen LogP) is 3.01. The van der Waals surface area contributed by atoms with E-state index in [9.17, 15) is 0 Å². The van der Waals surface area contributed by atoms with E-state index in [1.54, 1.807) is 0 Å². The van der Waals surface area contributed by atoms with Crippen molar-refractivity contribution >= 4 is 5.71 Å². The molecule has 0 saturated carbocycles. The minimum atomic E-state index is -0.00944. The molecule has 0 aromatic heterocycles. The molecule has 0 aromatic carbocycles. The smallest absolute Gasteiger partial charge is 0.0620 e. The Kier molecular flexibility index (Phi) is 6.86. The van der Waals surface area contributed by atoms with Crippen molar-refractivity contribution in [3.05, 3.63) is 12.3 Å². The molecule has 3 heteroatoms. The van der Waals surface area contributed by atoms with Gasteiger partial charge in [-0.25, -0.2) is 0 Å². The van der Waals surface area contributed by atoms with Gasteiger partial charge in [0.15, 0.2) is 0 Å². The number of hydrogen-bond acceptors (Lipinski definition) is 2. The van der Waals surface area contributed by atoms with Gasteiger partial charge in [-0.15, -0.1) is 0 Å². The van der Waals surface area contributed by atoms with Gasteiger partial charge in [-0.05, 0) is 39.7 Å². The van der Waals surface area contributed by atoms with E-state index in [1.807, 2.05) is 31.4 Å². The summed E-state index contributed by atoms with van der Waals surface area (Å²) >= 11 is 0. The zero-order valence-electron chi connectivity index (χ0n) is 11.6. The summed E-state index contributed by atoms with van der Waals surface area (Å²) in [7, 11) is 3.89. The Bertz CT molecular complexity index is 234.